The molecule has 8 N–H and O–H groups in total. The Kier molecular flexibility index (Phi) is 8.90. The third-order valence-corrected chi connectivity index (χ3v) is 14.0. The van der Waals surface area contributed by atoms with Crippen LogP contribution in [0.3, 0.4) is 0 Å². The van der Waals surface area contributed by atoms with Gasteiger partial charge in [0.1, 0.15) is 30.0 Å². The Hall–Kier alpha value is -0.700. The van der Waals surface area contributed by atoms with Gasteiger partial charge in [-0.2, -0.15) is 0 Å². The van der Waals surface area contributed by atoms with Crippen molar-refractivity contribution in [2.24, 2.45) is 40.4 Å². The molecule has 6 aliphatic rings. The van der Waals surface area contributed by atoms with Crippen molar-refractivity contribution in [3.05, 3.63) is 11.6 Å². The molecule has 2 saturated heterocycles. The van der Waals surface area contributed by atoms with Crippen molar-refractivity contribution in [2.75, 3.05) is 6.61 Å². The summed E-state index contributed by atoms with van der Waals surface area (Å²) in [5.41, 5.74) is -2.60. The SMILES string of the molecule is C[C@H]([C@H]1C[C@@](C)(O)[C@](C)(O)[C@H](O[C@@H]2O[C@H](CO)[C@@H](O)[C@H](O)[C@H]2O)O1)[C@@H]1CC[C@H]2[C@@H]3CC=C4C[C@@H](O)C[C@H](O)[C@]4(C)[C@@H]3CC[C@]12C. The normalized spacial score (nSPS) is 57.4. The highest BCUT2D eigenvalue weighted by molar-refractivity contribution is 5.27. The zero-order valence-electron chi connectivity index (χ0n) is 27.3. The molecule has 0 spiro atoms. The van der Waals surface area contributed by atoms with Crippen LogP contribution in [0.4, 0.5) is 0 Å². The fraction of sp³-hybridized carbons (Fsp3) is 0.941. The number of hydrogen-bond donors (Lipinski definition) is 8. The zero-order chi connectivity index (χ0) is 32.9. The molecule has 2 heterocycles. The highest BCUT2D eigenvalue weighted by atomic mass is 16.8. The number of allylic oxidation sites excluding steroid dienone is 1. The maximum Gasteiger partial charge on any atom is 0.192 e. The van der Waals surface area contributed by atoms with E-state index >= 15 is 0 Å². The summed E-state index contributed by atoms with van der Waals surface area (Å²) in [6.07, 6.45) is -1.96. The van der Waals surface area contributed by atoms with Gasteiger partial charge in [-0.3, -0.25) is 0 Å². The van der Waals surface area contributed by atoms with Gasteiger partial charge in [0.25, 0.3) is 0 Å². The molecule has 2 aliphatic heterocycles. The predicted molar refractivity (Wildman–Crippen MR) is 161 cm³/mol. The van der Waals surface area contributed by atoms with Gasteiger partial charge in [-0.05, 0) is 87.4 Å². The fourth-order valence-corrected chi connectivity index (χ4v) is 10.8. The molecule has 0 aromatic rings. The monoisotopic (exact) mass is 640 g/mol. The van der Waals surface area contributed by atoms with Crippen LogP contribution in [-0.2, 0) is 14.2 Å². The Labute approximate surface area is 266 Å². The highest BCUT2D eigenvalue weighted by Crippen LogP contribution is 2.67. The van der Waals surface area contributed by atoms with Gasteiger partial charge in [0.2, 0.25) is 0 Å². The molecule has 11 nitrogen and oxygen atoms in total. The lowest BCUT2D eigenvalue weighted by Gasteiger charge is -2.60. The van der Waals surface area contributed by atoms with Crippen molar-refractivity contribution in [3.8, 4) is 0 Å². The molecule has 5 fully saturated rings. The summed E-state index contributed by atoms with van der Waals surface area (Å²) < 4.78 is 17.9. The van der Waals surface area contributed by atoms with Gasteiger partial charge in [0.15, 0.2) is 12.6 Å². The van der Waals surface area contributed by atoms with E-state index in [0.717, 1.165) is 32.1 Å². The first-order chi connectivity index (χ1) is 21.0. The molecule has 0 amide bonds. The summed E-state index contributed by atoms with van der Waals surface area (Å²) in [4.78, 5) is 0. The van der Waals surface area contributed by atoms with Gasteiger partial charge < -0.3 is 55.1 Å². The van der Waals surface area contributed by atoms with Crippen molar-refractivity contribution in [3.63, 3.8) is 0 Å². The summed E-state index contributed by atoms with van der Waals surface area (Å²) in [5, 5.41) is 85.4. The molecule has 258 valence electrons. The van der Waals surface area contributed by atoms with Crippen LogP contribution in [0.25, 0.3) is 0 Å². The average Bonchev–Trinajstić information content (AvgIpc) is 3.33. The van der Waals surface area contributed by atoms with E-state index in [1.54, 1.807) is 6.92 Å². The lowest BCUT2D eigenvalue weighted by Crippen LogP contribution is -2.68. The molecule has 45 heavy (non-hydrogen) atoms. The van der Waals surface area contributed by atoms with Crippen molar-refractivity contribution in [1.82, 2.24) is 0 Å². The number of aliphatic hydroxyl groups excluding tert-OH is 6. The van der Waals surface area contributed by atoms with Crippen LogP contribution in [-0.4, -0.2) is 114 Å². The van der Waals surface area contributed by atoms with E-state index in [4.69, 9.17) is 14.2 Å². The van der Waals surface area contributed by atoms with Gasteiger partial charge >= 0.3 is 0 Å². The number of fused-ring (bicyclic) bond motifs is 5. The molecule has 0 unspecified atom stereocenters. The second kappa shape index (κ2) is 11.7. The van der Waals surface area contributed by atoms with E-state index < -0.39 is 73.1 Å². The van der Waals surface area contributed by atoms with Gasteiger partial charge in [-0.15, -0.1) is 0 Å². The second-order valence-electron chi connectivity index (χ2n) is 16.3. The Morgan fingerprint density at radius 2 is 1.64 bits per heavy atom. The molecule has 11 heteroatoms. The minimum Gasteiger partial charge on any atom is -0.394 e. The first kappa shape index (κ1) is 34.2. The number of rotatable bonds is 5. The summed E-state index contributed by atoms with van der Waals surface area (Å²) in [5.74, 6) is 1.53. The molecule has 0 aromatic heterocycles. The van der Waals surface area contributed by atoms with Crippen LogP contribution >= 0.6 is 0 Å². The summed E-state index contributed by atoms with van der Waals surface area (Å²) in [7, 11) is 0. The third kappa shape index (κ3) is 5.19. The fourth-order valence-electron chi connectivity index (χ4n) is 10.8. The zero-order valence-corrected chi connectivity index (χ0v) is 27.3. The lowest BCUT2D eigenvalue weighted by atomic mass is 9.46. The predicted octanol–water partition coefficient (Wildman–Crippen LogP) is 0.967. The van der Waals surface area contributed by atoms with Crippen molar-refractivity contribution in [2.45, 2.75) is 152 Å². The molecule has 0 radical (unpaired) electrons. The largest absolute Gasteiger partial charge is 0.394 e. The van der Waals surface area contributed by atoms with Crippen LogP contribution in [0.1, 0.15) is 86.0 Å². The molecule has 6 rings (SSSR count). The third-order valence-electron chi connectivity index (χ3n) is 14.0. The van der Waals surface area contributed by atoms with Crippen LogP contribution in [0.2, 0.25) is 0 Å². The Morgan fingerprint density at radius 1 is 0.933 bits per heavy atom. The van der Waals surface area contributed by atoms with Crippen LogP contribution in [0.5, 0.6) is 0 Å². The molecule has 0 bridgehead atoms. The van der Waals surface area contributed by atoms with Crippen molar-refractivity contribution >= 4 is 0 Å². The Bertz CT molecular complexity index is 1130. The lowest BCUT2D eigenvalue weighted by molar-refractivity contribution is -0.398. The summed E-state index contributed by atoms with van der Waals surface area (Å²) >= 11 is 0. The van der Waals surface area contributed by atoms with Crippen LogP contribution in [0, 0.1) is 40.4 Å². The first-order valence-electron chi connectivity index (χ1n) is 17.1. The van der Waals surface area contributed by atoms with E-state index in [1.165, 1.54) is 12.5 Å². The van der Waals surface area contributed by atoms with Gasteiger partial charge in [-0.25, -0.2) is 0 Å². The first-order valence-corrected chi connectivity index (χ1v) is 17.1. The van der Waals surface area contributed by atoms with E-state index in [1.807, 2.05) is 0 Å². The molecular formula is C34H56O11. The highest BCUT2D eigenvalue weighted by Gasteiger charge is 2.63. The minimum atomic E-state index is -1.90. The van der Waals surface area contributed by atoms with Gasteiger partial charge in [0.05, 0.1) is 30.5 Å². The molecule has 18 atom stereocenters. The smallest absolute Gasteiger partial charge is 0.192 e. The Balaban J connectivity index is 1.21. The standard InChI is InChI=1S/C34H56O11/c1-16(23-14-32(3,41)34(5,42)30(44-23)45-29-28(40)27(39)26(38)24(15-35)43-29)20-8-9-21-19-7-6-17-12-18(36)13-25(37)33(17,4)22(19)10-11-31(20,21)2/h6,16,18-30,35-42H,7-15H2,1-5H3/t16-,18+,19-,20-,21-,22+,23+,24+,25-,26+,27-,28+,29-,30-,31+,32+,33-,34+/m0/s1. The quantitative estimate of drug-likeness (QED) is 0.200. The molecular weight excluding hydrogens is 584 g/mol. The Morgan fingerprint density at radius 3 is 2.33 bits per heavy atom. The van der Waals surface area contributed by atoms with Gasteiger partial charge in [-0.1, -0.05) is 32.4 Å². The minimum absolute atomic E-state index is 0.0132. The van der Waals surface area contributed by atoms with E-state index in [9.17, 15) is 40.9 Å². The second-order valence-corrected chi connectivity index (χ2v) is 16.3. The maximum atomic E-state index is 11.6. The van der Waals surface area contributed by atoms with Crippen LogP contribution < -0.4 is 0 Å². The molecule has 3 saturated carbocycles. The summed E-state index contributed by atoms with van der Waals surface area (Å²) in [6, 6.07) is 0. The van der Waals surface area contributed by atoms with Crippen molar-refractivity contribution < 1.29 is 55.1 Å². The maximum absolute atomic E-state index is 11.6. The van der Waals surface area contributed by atoms with E-state index in [0.29, 0.717) is 30.6 Å². The van der Waals surface area contributed by atoms with Crippen LogP contribution in [0.15, 0.2) is 11.6 Å². The average molecular weight is 641 g/mol. The topological polar surface area (TPSA) is 190 Å². The van der Waals surface area contributed by atoms with E-state index in [-0.39, 0.29) is 29.1 Å². The van der Waals surface area contributed by atoms with E-state index in [2.05, 4.69) is 26.8 Å². The van der Waals surface area contributed by atoms with Crippen molar-refractivity contribution in [1.29, 1.82) is 0 Å². The molecule has 4 aliphatic carbocycles. The van der Waals surface area contributed by atoms with Gasteiger partial charge in [0, 0.05) is 18.3 Å². The number of hydrogen-bond acceptors (Lipinski definition) is 11. The number of ether oxygens (including phenoxy) is 3. The molecule has 0 aromatic carbocycles. The number of aliphatic hydroxyl groups is 8. The summed E-state index contributed by atoms with van der Waals surface area (Å²) in [6.45, 7) is 9.07.